The Morgan fingerprint density at radius 2 is 2.16 bits per heavy atom. The van der Waals surface area contributed by atoms with Crippen LogP contribution in [-0.2, 0) is 6.42 Å². The molecule has 0 unspecified atom stereocenters. The normalized spacial score (nSPS) is 20.9. The van der Waals surface area contributed by atoms with Gasteiger partial charge in [0.1, 0.15) is 17.6 Å². The number of rotatable bonds is 6. The standard InChI is InChI=1S/C17H24O2/c1-4-7-9-13-14-11-15(18)12(8-5-2)10-17(14)19-16(13)6-3/h5,10-11,13,16,18H,2,4,6-9H2,1,3H3/t13-,16+/m1/s1. The number of allylic oxidation sites excluding steroid dienone is 1. The summed E-state index contributed by atoms with van der Waals surface area (Å²) in [5.41, 5.74) is 2.09. The number of aromatic hydroxyl groups is 1. The van der Waals surface area contributed by atoms with Crippen LogP contribution < -0.4 is 4.74 Å². The molecule has 0 amide bonds. The van der Waals surface area contributed by atoms with Gasteiger partial charge in [-0.2, -0.15) is 0 Å². The van der Waals surface area contributed by atoms with Gasteiger partial charge in [0.2, 0.25) is 0 Å². The second-order valence-corrected chi connectivity index (χ2v) is 5.32. The third kappa shape index (κ3) is 2.78. The highest BCUT2D eigenvalue weighted by molar-refractivity contribution is 5.50. The first-order valence-corrected chi connectivity index (χ1v) is 7.34. The number of unbranched alkanes of at least 4 members (excludes halogenated alkanes) is 1. The molecule has 0 radical (unpaired) electrons. The van der Waals surface area contributed by atoms with Gasteiger partial charge < -0.3 is 9.84 Å². The van der Waals surface area contributed by atoms with Gasteiger partial charge in [0, 0.05) is 17.0 Å². The highest BCUT2D eigenvalue weighted by Gasteiger charge is 2.33. The second kappa shape index (κ2) is 6.14. The lowest BCUT2D eigenvalue weighted by Crippen LogP contribution is -2.17. The Hall–Kier alpha value is -1.44. The van der Waals surface area contributed by atoms with E-state index >= 15 is 0 Å². The molecule has 1 N–H and O–H groups in total. The molecule has 1 heterocycles. The van der Waals surface area contributed by atoms with Crippen LogP contribution in [-0.4, -0.2) is 11.2 Å². The van der Waals surface area contributed by atoms with Crippen molar-refractivity contribution in [3.63, 3.8) is 0 Å². The molecule has 19 heavy (non-hydrogen) atoms. The third-order valence-corrected chi connectivity index (χ3v) is 3.97. The van der Waals surface area contributed by atoms with Crippen LogP contribution >= 0.6 is 0 Å². The summed E-state index contributed by atoms with van der Waals surface area (Å²) < 4.78 is 6.06. The predicted octanol–water partition coefficient (Wildman–Crippen LogP) is 4.57. The molecule has 0 spiro atoms. The molecule has 1 aliphatic rings. The lowest BCUT2D eigenvalue weighted by Gasteiger charge is -2.16. The summed E-state index contributed by atoms with van der Waals surface area (Å²) in [6.45, 7) is 8.10. The zero-order valence-corrected chi connectivity index (χ0v) is 12.0. The van der Waals surface area contributed by atoms with Crippen molar-refractivity contribution in [1.29, 1.82) is 0 Å². The van der Waals surface area contributed by atoms with Crippen molar-refractivity contribution in [2.75, 3.05) is 0 Å². The van der Waals surface area contributed by atoms with Gasteiger partial charge in [-0.15, -0.1) is 6.58 Å². The Labute approximate surface area is 116 Å². The van der Waals surface area contributed by atoms with Crippen molar-refractivity contribution in [2.24, 2.45) is 0 Å². The van der Waals surface area contributed by atoms with Gasteiger partial charge >= 0.3 is 0 Å². The van der Waals surface area contributed by atoms with Crippen LogP contribution in [0.2, 0.25) is 0 Å². The molecule has 1 aliphatic heterocycles. The lowest BCUT2D eigenvalue weighted by molar-refractivity contribution is 0.194. The van der Waals surface area contributed by atoms with Crippen molar-refractivity contribution in [1.82, 2.24) is 0 Å². The van der Waals surface area contributed by atoms with Crippen molar-refractivity contribution >= 4 is 0 Å². The zero-order chi connectivity index (χ0) is 13.8. The molecule has 2 rings (SSSR count). The van der Waals surface area contributed by atoms with E-state index in [1.165, 1.54) is 18.4 Å². The molecule has 104 valence electrons. The van der Waals surface area contributed by atoms with E-state index in [2.05, 4.69) is 20.4 Å². The maximum atomic E-state index is 10.1. The van der Waals surface area contributed by atoms with Crippen LogP contribution in [0.4, 0.5) is 0 Å². The average molecular weight is 260 g/mol. The van der Waals surface area contributed by atoms with E-state index in [-0.39, 0.29) is 6.10 Å². The highest BCUT2D eigenvalue weighted by Crippen LogP contribution is 2.45. The molecular weight excluding hydrogens is 236 g/mol. The van der Waals surface area contributed by atoms with Crippen molar-refractivity contribution < 1.29 is 9.84 Å². The fraction of sp³-hybridized carbons (Fsp3) is 0.529. The van der Waals surface area contributed by atoms with Crippen LogP contribution in [0.15, 0.2) is 24.8 Å². The fourth-order valence-corrected chi connectivity index (χ4v) is 2.92. The molecule has 0 aliphatic carbocycles. The second-order valence-electron chi connectivity index (χ2n) is 5.32. The monoisotopic (exact) mass is 260 g/mol. The minimum atomic E-state index is 0.264. The predicted molar refractivity (Wildman–Crippen MR) is 79.0 cm³/mol. The zero-order valence-electron chi connectivity index (χ0n) is 12.0. The number of phenolic OH excluding ortho intramolecular Hbond substituents is 1. The minimum Gasteiger partial charge on any atom is -0.508 e. The number of ether oxygens (including phenoxy) is 1. The molecule has 1 aromatic carbocycles. The van der Waals surface area contributed by atoms with E-state index < -0.39 is 0 Å². The van der Waals surface area contributed by atoms with E-state index in [1.807, 2.05) is 18.2 Å². The number of benzene rings is 1. The van der Waals surface area contributed by atoms with Crippen molar-refractivity contribution in [3.05, 3.63) is 35.9 Å². The summed E-state index contributed by atoms with van der Waals surface area (Å²) in [5, 5.41) is 10.1. The molecule has 1 aromatic rings. The maximum absolute atomic E-state index is 10.1. The summed E-state index contributed by atoms with van der Waals surface area (Å²) in [7, 11) is 0. The summed E-state index contributed by atoms with van der Waals surface area (Å²) >= 11 is 0. The van der Waals surface area contributed by atoms with E-state index in [0.29, 0.717) is 18.1 Å². The highest BCUT2D eigenvalue weighted by atomic mass is 16.5. The fourth-order valence-electron chi connectivity index (χ4n) is 2.92. The summed E-state index contributed by atoms with van der Waals surface area (Å²) in [6, 6.07) is 3.89. The van der Waals surface area contributed by atoms with Crippen molar-refractivity contribution in [3.8, 4) is 11.5 Å². The summed E-state index contributed by atoms with van der Waals surface area (Å²) in [4.78, 5) is 0. The maximum Gasteiger partial charge on any atom is 0.123 e. The molecule has 2 atom stereocenters. The molecule has 2 nitrogen and oxygen atoms in total. The number of hydrogen-bond acceptors (Lipinski definition) is 2. The third-order valence-electron chi connectivity index (χ3n) is 3.97. The summed E-state index contributed by atoms with van der Waals surface area (Å²) in [5.74, 6) is 1.77. The van der Waals surface area contributed by atoms with E-state index in [9.17, 15) is 5.11 Å². The van der Waals surface area contributed by atoms with Gasteiger partial charge in [-0.05, 0) is 31.4 Å². The number of fused-ring (bicyclic) bond motifs is 1. The first-order valence-electron chi connectivity index (χ1n) is 7.34. The number of hydrogen-bond donors (Lipinski definition) is 1. The molecule has 0 saturated heterocycles. The molecule has 2 heteroatoms. The van der Waals surface area contributed by atoms with Gasteiger partial charge in [-0.1, -0.05) is 32.8 Å². The first kappa shape index (κ1) is 14.0. The Morgan fingerprint density at radius 1 is 1.37 bits per heavy atom. The average Bonchev–Trinajstić information content (AvgIpc) is 2.74. The van der Waals surface area contributed by atoms with E-state index in [1.54, 1.807) is 0 Å². The Bertz CT molecular complexity index is 451. The molecule has 0 saturated carbocycles. The van der Waals surface area contributed by atoms with E-state index in [4.69, 9.17) is 4.74 Å². The number of phenols is 1. The van der Waals surface area contributed by atoms with Gasteiger partial charge in [-0.3, -0.25) is 0 Å². The first-order chi connectivity index (χ1) is 9.21. The van der Waals surface area contributed by atoms with Gasteiger partial charge in [-0.25, -0.2) is 0 Å². The Morgan fingerprint density at radius 3 is 2.79 bits per heavy atom. The molecular formula is C17H24O2. The van der Waals surface area contributed by atoms with Gasteiger partial charge in [0.05, 0.1) is 0 Å². The molecule has 0 fully saturated rings. The SMILES string of the molecule is C=CCc1cc2c(cc1O)[C@@H](CCCC)[C@H](CC)O2. The quantitative estimate of drug-likeness (QED) is 0.759. The van der Waals surface area contributed by atoms with Crippen LogP contribution in [0, 0.1) is 0 Å². The topological polar surface area (TPSA) is 29.5 Å². The van der Waals surface area contributed by atoms with E-state index in [0.717, 1.165) is 24.2 Å². The van der Waals surface area contributed by atoms with Crippen LogP contribution in [0.1, 0.15) is 56.6 Å². The summed E-state index contributed by atoms with van der Waals surface area (Å²) in [6.07, 6.45) is 7.31. The van der Waals surface area contributed by atoms with Crippen molar-refractivity contribution in [2.45, 2.75) is 58.0 Å². The Kier molecular flexibility index (Phi) is 4.52. The Balaban J connectivity index is 2.30. The largest absolute Gasteiger partial charge is 0.508 e. The minimum absolute atomic E-state index is 0.264. The molecule has 0 aromatic heterocycles. The lowest BCUT2D eigenvalue weighted by atomic mass is 9.88. The van der Waals surface area contributed by atoms with Gasteiger partial charge in [0.25, 0.3) is 0 Å². The van der Waals surface area contributed by atoms with Crippen LogP contribution in [0.25, 0.3) is 0 Å². The van der Waals surface area contributed by atoms with Crippen LogP contribution in [0.5, 0.6) is 11.5 Å². The van der Waals surface area contributed by atoms with Crippen LogP contribution in [0.3, 0.4) is 0 Å². The molecule has 0 bridgehead atoms. The van der Waals surface area contributed by atoms with Gasteiger partial charge in [0.15, 0.2) is 0 Å². The smallest absolute Gasteiger partial charge is 0.123 e.